The van der Waals surface area contributed by atoms with Crippen LogP contribution < -0.4 is 10.6 Å². The van der Waals surface area contributed by atoms with Crippen molar-refractivity contribution in [3.8, 4) is 0 Å². The molecule has 3 aromatic heterocycles. The highest BCUT2D eigenvalue weighted by Crippen LogP contribution is 2.29. The zero-order valence-corrected chi connectivity index (χ0v) is 11.9. The van der Waals surface area contributed by atoms with Gasteiger partial charge in [0.1, 0.15) is 17.8 Å². The summed E-state index contributed by atoms with van der Waals surface area (Å²) in [5.74, 6) is 1.51. The van der Waals surface area contributed by atoms with Crippen LogP contribution >= 0.6 is 0 Å². The summed E-state index contributed by atoms with van der Waals surface area (Å²) in [4.78, 5) is 18.7. The van der Waals surface area contributed by atoms with E-state index in [2.05, 4.69) is 20.6 Å². The van der Waals surface area contributed by atoms with E-state index in [1.165, 1.54) is 18.9 Å². The summed E-state index contributed by atoms with van der Waals surface area (Å²) in [5, 5.41) is 17.1. The van der Waals surface area contributed by atoms with Crippen molar-refractivity contribution in [2.24, 2.45) is 0 Å². The Morgan fingerprint density at radius 3 is 1.91 bits per heavy atom. The molecule has 0 unspecified atom stereocenters. The molecule has 0 bridgehead atoms. The van der Waals surface area contributed by atoms with Gasteiger partial charge in [-0.3, -0.25) is 10.1 Å². The Morgan fingerprint density at radius 1 is 1.00 bits per heavy atom. The van der Waals surface area contributed by atoms with E-state index in [1.807, 2.05) is 0 Å². The van der Waals surface area contributed by atoms with Gasteiger partial charge in [0.2, 0.25) is 11.6 Å². The van der Waals surface area contributed by atoms with Crippen molar-refractivity contribution in [2.75, 3.05) is 10.6 Å². The highest BCUT2D eigenvalue weighted by molar-refractivity contribution is 5.69. The molecule has 0 saturated carbocycles. The monoisotopic (exact) mass is 315 g/mol. The summed E-state index contributed by atoms with van der Waals surface area (Å²) in [6.45, 7) is 0.560. The standard InChI is InChI=1S/C14H13N5O4/c20-19(21)12-13(15-7-10-3-1-5-22-10)17-9-18-14(12)16-8-11-4-2-6-23-11/h1-6,9H,7-8H2,(H2,15,16,17,18). The van der Waals surface area contributed by atoms with E-state index in [9.17, 15) is 10.1 Å². The van der Waals surface area contributed by atoms with Gasteiger partial charge in [0.25, 0.3) is 0 Å². The number of furan rings is 2. The molecule has 0 aliphatic rings. The van der Waals surface area contributed by atoms with Gasteiger partial charge in [-0.1, -0.05) is 0 Å². The van der Waals surface area contributed by atoms with Gasteiger partial charge in [0.15, 0.2) is 0 Å². The van der Waals surface area contributed by atoms with Gasteiger partial charge in [-0.15, -0.1) is 0 Å². The van der Waals surface area contributed by atoms with Crippen LogP contribution in [0.5, 0.6) is 0 Å². The molecular formula is C14H13N5O4. The molecule has 0 aliphatic carbocycles. The quantitative estimate of drug-likeness (QED) is 0.504. The summed E-state index contributed by atoms with van der Waals surface area (Å²) < 4.78 is 10.4. The Balaban J connectivity index is 1.78. The second kappa shape index (κ2) is 6.60. The average Bonchev–Trinajstić information content (AvgIpc) is 3.24. The van der Waals surface area contributed by atoms with E-state index < -0.39 is 4.92 Å². The van der Waals surface area contributed by atoms with Crippen LogP contribution in [0.25, 0.3) is 0 Å². The van der Waals surface area contributed by atoms with Gasteiger partial charge in [0, 0.05) is 0 Å². The molecule has 2 N–H and O–H groups in total. The molecule has 0 aliphatic heterocycles. The van der Waals surface area contributed by atoms with E-state index >= 15 is 0 Å². The maximum atomic E-state index is 11.4. The average molecular weight is 315 g/mol. The third-order valence-electron chi connectivity index (χ3n) is 3.03. The molecule has 3 aromatic rings. The third-order valence-corrected chi connectivity index (χ3v) is 3.03. The minimum atomic E-state index is -0.533. The van der Waals surface area contributed by atoms with Crippen LogP contribution in [0.3, 0.4) is 0 Å². The van der Waals surface area contributed by atoms with Gasteiger partial charge in [0.05, 0.1) is 30.5 Å². The normalized spacial score (nSPS) is 10.4. The lowest BCUT2D eigenvalue weighted by atomic mass is 10.3. The van der Waals surface area contributed by atoms with Crippen molar-refractivity contribution >= 4 is 17.3 Å². The highest BCUT2D eigenvalue weighted by Gasteiger charge is 2.23. The number of rotatable bonds is 7. The highest BCUT2D eigenvalue weighted by atomic mass is 16.6. The van der Waals surface area contributed by atoms with Gasteiger partial charge in [-0.05, 0) is 24.3 Å². The Kier molecular flexibility index (Phi) is 4.18. The number of hydrogen-bond acceptors (Lipinski definition) is 8. The molecule has 0 spiro atoms. The summed E-state index contributed by atoms with van der Waals surface area (Å²) >= 11 is 0. The molecule has 0 radical (unpaired) electrons. The van der Waals surface area contributed by atoms with Gasteiger partial charge in [-0.2, -0.15) is 0 Å². The number of nitrogens with one attached hydrogen (secondary N) is 2. The summed E-state index contributed by atoms with van der Waals surface area (Å²) in [7, 11) is 0. The fraction of sp³-hybridized carbons (Fsp3) is 0.143. The van der Waals surface area contributed by atoms with Crippen LogP contribution in [0.1, 0.15) is 11.5 Å². The Labute approximate surface area is 130 Å². The number of anilines is 2. The molecule has 23 heavy (non-hydrogen) atoms. The van der Waals surface area contributed by atoms with E-state index in [0.717, 1.165) is 0 Å². The number of aromatic nitrogens is 2. The summed E-state index contributed by atoms with van der Waals surface area (Å²) in [6, 6.07) is 7.00. The lowest BCUT2D eigenvalue weighted by Gasteiger charge is -2.08. The van der Waals surface area contributed by atoms with E-state index in [4.69, 9.17) is 8.83 Å². The fourth-order valence-electron chi connectivity index (χ4n) is 1.98. The summed E-state index contributed by atoms with van der Waals surface area (Å²) in [5.41, 5.74) is -0.231. The number of nitrogens with zero attached hydrogens (tertiary/aromatic N) is 3. The predicted octanol–water partition coefficient (Wildman–Crippen LogP) is 2.80. The third kappa shape index (κ3) is 3.46. The topological polar surface area (TPSA) is 119 Å². The van der Waals surface area contributed by atoms with E-state index in [-0.39, 0.29) is 30.4 Å². The molecule has 9 nitrogen and oxygen atoms in total. The zero-order chi connectivity index (χ0) is 16.1. The summed E-state index contributed by atoms with van der Waals surface area (Å²) in [6.07, 6.45) is 4.31. The Morgan fingerprint density at radius 2 is 1.52 bits per heavy atom. The first-order valence-electron chi connectivity index (χ1n) is 6.76. The molecule has 0 fully saturated rings. The van der Waals surface area contributed by atoms with Crippen LogP contribution in [0, 0.1) is 10.1 Å². The van der Waals surface area contributed by atoms with Gasteiger partial charge in [-0.25, -0.2) is 9.97 Å². The van der Waals surface area contributed by atoms with Crippen molar-refractivity contribution < 1.29 is 13.8 Å². The molecule has 3 heterocycles. The lowest BCUT2D eigenvalue weighted by molar-refractivity contribution is -0.383. The molecular weight excluding hydrogens is 302 g/mol. The van der Waals surface area contributed by atoms with Crippen molar-refractivity contribution in [1.82, 2.24) is 9.97 Å². The van der Waals surface area contributed by atoms with E-state index in [0.29, 0.717) is 11.5 Å². The van der Waals surface area contributed by atoms with Crippen LogP contribution in [0.2, 0.25) is 0 Å². The second-order valence-electron chi connectivity index (χ2n) is 4.54. The molecule has 0 aromatic carbocycles. The molecule has 0 atom stereocenters. The smallest absolute Gasteiger partial charge is 0.353 e. The molecule has 118 valence electrons. The van der Waals surface area contributed by atoms with E-state index in [1.54, 1.807) is 24.3 Å². The van der Waals surface area contributed by atoms with Gasteiger partial charge < -0.3 is 19.5 Å². The SMILES string of the molecule is O=[N+]([O-])c1c(NCc2ccco2)ncnc1NCc1ccco1. The van der Waals surface area contributed by atoms with Gasteiger partial charge >= 0.3 is 5.69 Å². The van der Waals surface area contributed by atoms with Crippen LogP contribution in [-0.2, 0) is 13.1 Å². The second-order valence-corrected chi connectivity index (χ2v) is 4.54. The fourth-order valence-corrected chi connectivity index (χ4v) is 1.98. The molecule has 3 rings (SSSR count). The van der Waals surface area contributed by atoms with Crippen molar-refractivity contribution in [1.29, 1.82) is 0 Å². The minimum Gasteiger partial charge on any atom is -0.467 e. The Hall–Kier alpha value is -3.36. The first kappa shape index (κ1) is 14.6. The molecule has 0 saturated heterocycles. The van der Waals surface area contributed by atoms with Crippen LogP contribution in [0.15, 0.2) is 52.0 Å². The van der Waals surface area contributed by atoms with Crippen LogP contribution in [-0.4, -0.2) is 14.9 Å². The largest absolute Gasteiger partial charge is 0.467 e. The molecule has 9 heteroatoms. The maximum absolute atomic E-state index is 11.4. The lowest BCUT2D eigenvalue weighted by Crippen LogP contribution is -2.09. The predicted molar refractivity (Wildman–Crippen MR) is 80.8 cm³/mol. The number of nitro groups is 1. The minimum absolute atomic E-state index is 0.114. The van der Waals surface area contributed by atoms with Crippen molar-refractivity contribution in [2.45, 2.75) is 13.1 Å². The van der Waals surface area contributed by atoms with Crippen molar-refractivity contribution in [3.05, 3.63) is 64.8 Å². The first-order valence-corrected chi connectivity index (χ1v) is 6.76. The first-order chi connectivity index (χ1) is 11.2. The zero-order valence-electron chi connectivity index (χ0n) is 11.9. The van der Waals surface area contributed by atoms with Crippen molar-refractivity contribution in [3.63, 3.8) is 0 Å². The van der Waals surface area contributed by atoms with Crippen LogP contribution in [0.4, 0.5) is 17.3 Å². The molecule has 0 amide bonds. The number of hydrogen-bond donors (Lipinski definition) is 2. The Bertz CT molecular complexity index is 714. The maximum Gasteiger partial charge on any atom is 0.353 e.